The second-order valence-electron chi connectivity index (χ2n) is 6.55. The number of sulfonamides is 1. The third-order valence-electron chi connectivity index (χ3n) is 4.16. The van der Waals surface area contributed by atoms with Crippen LogP contribution < -0.4 is 21.1 Å². The highest BCUT2D eigenvalue weighted by molar-refractivity contribution is 7.89. The molecule has 0 radical (unpaired) electrons. The SMILES string of the molecule is COC(=O)NCC(=O)NC(c1ccc([C@@H](CO)NS(=O)(=O)c2ccc(N)cc2)s1)C(F)(F)F. The van der Waals surface area contributed by atoms with E-state index >= 15 is 0 Å². The van der Waals surface area contributed by atoms with Gasteiger partial charge in [0.1, 0.15) is 6.54 Å². The zero-order valence-electron chi connectivity index (χ0n) is 17.0. The number of aliphatic hydroxyl groups excluding tert-OH is 1. The zero-order chi connectivity index (χ0) is 24.8. The van der Waals surface area contributed by atoms with Crippen molar-refractivity contribution < 1.29 is 41.0 Å². The number of anilines is 1. The average Bonchev–Trinajstić information content (AvgIpc) is 3.23. The number of nitrogens with one attached hydrogen (secondary N) is 3. The molecule has 2 amide bonds. The number of carbonyl (C=O) groups is 2. The van der Waals surface area contributed by atoms with Crippen LogP contribution in [0.25, 0.3) is 0 Å². The van der Waals surface area contributed by atoms with Gasteiger partial charge in [-0.2, -0.15) is 13.2 Å². The van der Waals surface area contributed by atoms with Gasteiger partial charge in [0.25, 0.3) is 0 Å². The first-order chi connectivity index (χ1) is 15.4. The largest absolute Gasteiger partial charge is 0.453 e. The number of aliphatic hydroxyl groups is 1. The van der Waals surface area contributed by atoms with E-state index in [1.165, 1.54) is 30.3 Å². The lowest BCUT2D eigenvalue weighted by Crippen LogP contribution is -2.43. The van der Waals surface area contributed by atoms with Gasteiger partial charge in [-0.05, 0) is 36.4 Å². The lowest BCUT2D eigenvalue weighted by atomic mass is 10.2. The average molecular weight is 511 g/mol. The normalized spacial score (nSPS) is 13.7. The van der Waals surface area contributed by atoms with E-state index in [2.05, 4.69) is 9.46 Å². The van der Waals surface area contributed by atoms with Gasteiger partial charge in [-0.1, -0.05) is 0 Å². The molecule has 2 atom stereocenters. The molecule has 15 heteroatoms. The Morgan fingerprint density at radius 2 is 1.76 bits per heavy atom. The number of thiophene rings is 1. The second-order valence-corrected chi connectivity index (χ2v) is 9.41. The molecule has 0 bridgehead atoms. The molecule has 0 spiro atoms. The number of carbonyl (C=O) groups excluding carboxylic acids is 2. The summed E-state index contributed by atoms with van der Waals surface area (Å²) in [6.45, 7) is -1.49. The number of ether oxygens (including phenoxy) is 1. The van der Waals surface area contributed by atoms with Crippen LogP contribution in [-0.4, -0.2) is 52.0 Å². The molecule has 33 heavy (non-hydrogen) atoms. The standard InChI is InChI=1S/C18H21F3N4O6S2/c1-31-17(28)23-8-15(27)24-16(18(19,20)21)14-7-6-13(32-14)12(9-26)25-33(29,30)11-4-2-10(22)3-5-11/h2-7,12,16,25-26H,8-9,22H2,1H3,(H,23,28)(H,24,27)/t12-,16?/m1/s1. The van der Waals surface area contributed by atoms with Crippen LogP contribution in [0, 0.1) is 0 Å². The smallest absolute Gasteiger partial charge is 0.413 e. The monoisotopic (exact) mass is 510 g/mol. The maximum atomic E-state index is 13.6. The molecular formula is C18H21F3N4O6S2. The molecule has 0 aliphatic heterocycles. The first kappa shape index (κ1) is 26.4. The van der Waals surface area contributed by atoms with Crippen LogP contribution in [0.15, 0.2) is 41.3 Å². The predicted octanol–water partition coefficient (Wildman–Crippen LogP) is 1.42. The molecule has 0 fully saturated rings. The molecule has 1 unspecified atom stereocenters. The van der Waals surface area contributed by atoms with E-state index < -0.39 is 53.4 Å². The van der Waals surface area contributed by atoms with Crippen LogP contribution in [0.1, 0.15) is 21.8 Å². The summed E-state index contributed by atoms with van der Waals surface area (Å²) in [4.78, 5) is 22.4. The Hall–Kier alpha value is -2.88. The fourth-order valence-corrected chi connectivity index (χ4v) is 4.96. The molecule has 182 valence electrons. The number of rotatable bonds is 9. The van der Waals surface area contributed by atoms with Gasteiger partial charge in [0.05, 0.1) is 24.7 Å². The first-order valence-electron chi connectivity index (χ1n) is 9.13. The summed E-state index contributed by atoms with van der Waals surface area (Å²) in [6, 6.07) is 3.81. The molecule has 1 heterocycles. The number of amides is 2. The number of hydrogen-bond acceptors (Lipinski definition) is 8. The van der Waals surface area contributed by atoms with E-state index in [0.717, 1.165) is 13.2 Å². The highest BCUT2D eigenvalue weighted by Crippen LogP contribution is 2.37. The zero-order valence-corrected chi connectivity index (χ0v) is 18.7. The van der Waals surface area contributed by atoms with E-state index in [0.29, 0.717) is 17.0 Å². The number of alkyl halides is 3. The van der Waals surface area contributed by atoms with Crippen molar-refractivity contribution in [1.82, 2.24) is 15.4 Å². The van der Waals surface area contributed by atoms with Crippen molar-refractivity contribution in [2.24, 2.45) is 0 Å². The summed E-state index contributed by atoms with van der Waals surface area (Å²) in [6.07, 6.45) is -5.88. The van der Waals surface area contributed by atoms with Gasteiger partial charge in [-0.3, -0.25) is 4.79 Å². The molecule has 0 saturated carbocycles. The van der Waals surface area contributed by atoms with Gasteiger partial charge in [0.15, 0.2) is 6.04 Å². The molecule has 0 saturated heterocycles. The maximum absolute atomic E-state index is 13.6. The Morgan fingerprint density at radius 3 is 2.30 bits per heavy atom. The molecule has 1 aromatic heterocycles. The van der Waals surface area contributed by atoms with E-state index in [1.54, 1.807) is 5.32 Å². The van der Waals surface area contributed by atoms with Crippen molar-refractivity contribution in [3.8, 4) is 0 Å². The molecule has 1 aromatic carbocycles. The van der Waals surface area contributed by atoms with Crippen LogP contribution >= 0.6 is 11.3 Å². The van der Waals surface area contributed by atoms with Gasteiger partial charge in [-0.15, -0.1) is 11.3 Å². The Morgan fingerprint density at radius 1 is 1.15 bits per heavy atom. The number of nitrogens with two attached hydrogens (primary N) is 1. The molecule has 6 N–H and O–H groups in total. The Kier molecular flexibility index (Phi) is 8.65. The summed E-state index contributed by atoms with van der Waals surface area (Å²) in [5.74, 6) is -1.12. The molecule has 0 aliphatic carbocycles. The highest BCUT2D eigenvalue weighted by Gasteiger charge is 2.43. The van der Waals surface area contributed by atoms with Crippen LogP contribution in [0.4, 0.5) is 23.7 Å². The van der Waals surface area contributed by atoms with E-state index in [9.17, 15) is 36.3 Å². The maximum Gasteiger partial charge on any atom is 0.413 e. The summed E-state index contributed by atoms with van der Waals surface area (Å²) in [7, 11) is -3.09. The number of hydrogen-bond donors (Lipinski definition) is 5. The highest BCUT2D eigenvalue weighted by atomic mass is 32.2. The van der Waals surface area contributed by atoms with Crippen molar-refractivity contribution in [2.45, 2.75) is 23.2 Å². The third-order valence-corrected chi connectivity index (χ3v) is 6.91. The quantitative estimate of drug-likeness (QED) is 0.319. The van der Waals surface area contributed by atoms with E-state index in [1.807, 2.05) is 5.32 Å². The van der Waals surface area contributed by atoms with Gasteiger partial charge in [-0.25, -0.2) is 17.9 Å². The van der Waals surface area contributed by atoms with Crippen LogP contribution in [0.3, 0.4) is 0 Å². The van der Waals surface area contributed by atoms with Crippen LogP contribution in [0.5, 0.6) is 0 Å². The lowest BCUT2D eigenvalue weighted by Gasteiger charge is -2.21. The predicted molar refractivity (Wildman–Crippen MR) is 113 cm³/mol. The van der Waals surface area contributed by atoms with Gasteiger partial charge >= 0.3 is 12.3 Å². The minimum absolute atomic E-state index is 0.0858. The number of halogens is 3. The summed E-state index contributed by atoms with van der Waals surface area (Å²) >= 11 is 0.556. The number of methoxy groups -OCH3 is 1. The van der Waals surface area contributed by atoms with Crippen LogP contribution in [-0.2, 0) is 19.6 Å². The molecule has 10 nitrogen and oxygen atoms in total. The number of benzene rings is 1. The minimum atomic E-state index is -4.89. The Bertz CT molecular complexity index is 1070. The Labute approximate surface area is 191 Å². The van der Waals surface area contributed by atoms with E-state index in [-0.39, 0.29) is 14.6 Å². The molecular weight excluding hydrogens is 489 g/mol. The van der Waals surface area contributed by atoms with Gasteiger partial charge in [0.2, 0.25) is 15.9 Å². The van der Waals surface area contributed by atoms with Crippen molar-refractivity contribution in [3.05, 3.63) is 46.2 Å². The summed E-state index contributed by atoms with van der Waals surface area (Å²) < 4.78 is 72.2. The summed E-state index contributed by atoms with van der Waals surface area (Å²) in [5, 5.41) is 13.4. The van der Waals surface area contributed by atoms with Crippen molar-refractivity contribution in [3.63, 3.8) is 0 Å². The Balaban J connectivity index is 2.21. The van der Waals surface area contributed by atoms with Crippen molar-refractivity contribution in [1.29, 1.82) is 0 Å². The fraction of sp³-hybridized carbons (Fsp3) is 0.333. The van der Waals surface area contributed by atoms with Crippen molar-refractivity contribution >= 4 is 39.0 Å². The first-order valence-corrected chi connectivity index (χ1v) is 11.4. The number of alkyl carbamates (subject to hydrolysis) is 1. The molecule has 0 aliphatic rings. The minimum Gasteiger partial charge on any atom is -0.453 e. The van der Waals surface area contributed by atoms with E-state index in [4.69, 9.17) is 5.73 Å². The fourth-order valence-electron chi connectivity index (χ4n) is 2.55. The second kappa shape index (κ2) is 10.8. The number of nitrogen functional groups attached to an aromatic ring is 1. The summed E-state index contributed by atoms with van der Waals surface area (Å²) in [5.41, 5.74) is 5.86. The van der Waals surface area contributed by atoms with Crippen molar-refractivity contribution in [2.75, 3.05) is 26.0 Å². The van der Waals surface area contributed by atoms with Gasteiger partial charge < -0.3 is 26.2 Å². The topological polar surface area (TPSA) is 160 Å². The van der Waals surface area contributed by atoms with Crippen LogP contribution in [0.2, 0.25) is 0 Å². The third kappa shape index (κ3) is 7.31. The molecule has 2 rings (SSSR count). The molecule has 2 aromatic rings. The lowest BCUT2D eigenvalue weighted by molar-refractivity contribution is -0.162. The van der Waals surface area contributed by atoms with Gasteiger partial charge in [0, 0.05) is 15.4 Å².